The van der Waals surface area contributed by atoms with Gasteiger partial charge in [-0.1, -0.05) is 75.1 Å². The minimum absolute atomic E-state index is 0.0612. The van der Waals surface area contributed by atoms with E-state index in [0.29, 0.717) is 48.2 Å². The molecule has 1 aromatic carbocycles. The van der Waals surface area contributed by atoms with E-state index >= 15 is 0 Å². The van der Waals surface area contributed by atoms with E-state index in [2.05, 4.69) is 51.3 Å². The predicted octanol–water partition coefficient (Wildman–Crippen LogP) is 6.42. The average Bonchev–Trinajstić information content (AvgIpc) is 3.45. The van der Waals surface area contributed by atoms with Crippen LogP contribution in [-0.4, -0.2) is 46.2 Å². The second-order valence-corrected chi connectivity index (χ2v) is 13.4. The van der Waals surface area contributed by atoms with Crippen LogP contribution in [0.25, 0.3) is 0 Å². The third kappa shape index (κ3) is 5.78. The van der Waals surface area contributed by atoms with Crippen molar-refractivity contribution in [3.63, 3.8) is 0 Å². The topological polar surface area (TPSA) is 87.0 Å². The number of carbonyl (C=O) groups is 1. The van der Waals surface area contributed by atoms with Crippen molar-refractivity contribution >= 4 is 5.97 Å². The quantitative estimate of drug-likeness (QED) is 0.252. The molecule has 1 aliphatic heterocycles. The molecule has 1 heterocycles. The van der Waals surface area contributed by atoms with Gasteiger partial charge in [-0.15, -0.1) is 0 Å². The van der Waals surface area contributed by atoms with Crippen LogP contribution >= 0.6 is 0 Å². The third-order valence-electron chi connectivity index (χ3n) is 11.0. The van der Waals surface area contributed by atoms with Gasteiger partial charge in [0.1, 0.15) is 6.10 Å². The Kier molecular flexibility index (Phi) is 9.08. The molecule has 5 heteroatoms. The fourth-order valence-corrected chi connectivity index (χ4v) is 8.86. The van der Waals surface area contributed by atoms with Gasteiger partial charge >= 0.3 is 5.97 Å². The highest BCUT2D eigenvalue weighted by atomic mass is 16.6. The first-order chi connectivity index (χ1) is 19.7. The Hall–Kier alpha value is -2.47. The first-order valence-electron chi connectivity index (χ1n) is 15.7. The monoisotopic (exact) mass is 560 g/mol. The number of fused-ring (bicyclic) bond motifs is 1. The SMILES string of the molecule is C=C1/C(=C\C=C2/CCC[C@]3(C)[C@@H]([C@H](C)C[C@H]4OC(=O)C(=C)[C@H]4c4ccccc4)CC[C@@H]23)C[C@@H](O)[C@H](CCCO)[C@@H]1O. The van der Waals surface area contributed by atoms with Gasteiger partial charge in [0.2, 0.25) is 0 Å². The highest BCUT2D eigenvalue weighted by molar-refractivity contribution is 5.92. The van der Waals surface area contributed by atoms with Gasteiger partial charge in [-0.3, -0.25) is 0 Å². The maximum absolute atomic E-state index is 12.6. The lowest BCUT2D eigenvalue weighted by atomic mass is 9.60. The largest absolute Gasteiger partial charge is 0.458 e. The van der Waals surface area contributed by atoms with Gasteiger partial charge in [0.05, 0.1) is 18.1 Å². The number of ether oxygens (including phenoxy) is 1. The summed E-state index contributed by atoms with van der Waals surface area (Å²) < 4.78 is 5.90. The van der Waals surface area contributed by atoms with Crippen molar-refractivity contribution in [2.24, 2.45) is 29.1 Å². The molecule has 0 radical (unpaired) electrons. The lowest BCUT2D eigenvalue weighted by molar-refractivity contribution is -0.139. The van der Waals surface area contributed by atoms with Gasteiger partial charge in [0.25, 0.3) is 0 Å². The summed E-state index contributed by atoms with van der Waals surface area (Å²) >= 11 is 0. The van der Waals surface area contributed by atoms with Gasteiger partial charge in [-0.05, 0) is 97.7 Å². The van der Waals surface area contributed by atoms with Crippen LogP contribution in [0.4, 0.5) is 0 Å². The lowest BCUT2D eigenvalue weighted by Gasteiger charge is -2.45. The number of rotatable bonds is 8. The molecule has 222 valence electrons. The van der Waals surface area contributed by atoms with Crippen molar-refractivity contribution in [1.29, 1.82) is 0 Å². The summed E-state index contributed by atoms with van der Waals surface area (Å²) in [5.74, 6) is 0.858. The van der Waals surface area contributed by atoms with Crippen LogP contribution in [0.2, 0.25) is 0 Å². The zero-order valence-corrected chi connectivity index (χ0v) is 24.8. The number of benzene rings is 1. The molecule has 4 fully saturated rings. The van der Waals surface area contributed by atoms with Gasteiger partial charge in [0.15, 0.2) is 0 Å². The van der Waals surface area contributed by atoms with E-state index in [1.54, 1.807) is 0 Å². The second kappa shape index (κ2) is 12.4. The molecule has 9 atom stereocenters. The van der Waals surface area contributed by atoms with Crippen molar-refractivity contribution in [3.05, 3.63) is 83.5 Å². The van der Waals surface area contributed by atoms with Gasteiger partial charge < -0.3 is 20.1 Å². The Morgan fingerprint density at radius 3 is 2.61 bits per heavy atom. The van der Waals surface area contributed by atoms with E-state index in [1.807, 2.05) is 18.2 Å². The first kappa shape index (κ1) is 30.0. The van der Waals surface area contributed by atoms with Gasteiger partial charge in [-0.2, -0.15) is 0 Å². The Morgan fingerprint density at radius 2 is 1.88 bits per heavy atom. The molecule has 41 heavy (non-hydrogen) atoms. The molecule has 0 bridgehead atoms. The highest BCUT2D eigenvalue weighted by Gasteiger charge is 2.52. The van der Waals surface area contributed by atoms with Crippen molar-refractivity contribution in [2.45, 2.75) is 95.9 Å². The molecule has 0 unspecified atom stereocenters. The van der Waals surface area contributed by atoms with Crippen molar-refractivity contribution < 1.29 is 24.9 Å². The summed E-state index contributed by atoms with van der Waals surface area (Å²) in [6.45, 7) is 13.1. The van der Waals surface area contributed by atoms with E-state index in [9.17, 15) is 20.1 Å². The standard InChI is InChI=1S/C36H48O5/c1-22(20-32-33(24(3)35(40)41-32)26-10-6-5-7-11-26)29-16-17-30-25(12-8-18-36(29,30)4)14-15-27-21-31(38)28(13-9-19-37)34(39)23(27)2/h5-7,10-11,14-15,22,28-34,37-39H,2-3,8-9,12-13,16-21H2,1,4H3/b25-14+,27-15-/t22-,28+,29-,30+,31-,32-,33+,34-,36-/m1/s1. The number of aliphatic hydroxyl groups is 3. The summed E-state index contributed by atoms with van der Waals surface area (Å²) in [7, 11) is 0. The molecule has 3 saturated carbocycles. The average molecular weight is 561 g/mol. The molecule has 3 aliphatic carbocycles. The lowest BCUT2D eigenvalue weighted by Crippen LogP contribution is -2.38. The molecule has 5 nitrogen and oxygen atoms in total. The zero-order valence-electron chi connectivity index (χ0n) is 24.8. The maximum Gasteiger partial charge on any atom is 0.334 e. The Bertz CT molecular complexity index is 1200. The number of carbonyl (C=O) groups excluding carboxylic acids is 1. The third-order valence-corrected chi connectivity index (χ3v) is 11.0. The Morgan fingerprint density at radius 1 is 1.12 bits per heavy atom. The van der Waals surface area contributed by atoms with Gasteiger partial charge in [0, 0.05) is 18.1 Å². The molecule has 0 spiro atoms. The first-order valence-corrected chi connectivity index (χ1v) is 15.7. The fraction of sp³-hybridized carbons (Fsp3) is 0.583. The molecular formula is C36H48O5. The number of aliphatic hydroxyl groups excluding tert-OH is 3. The molecule has 1 saturated heterocycles. The normalized spacial score (nSPS) is 38.4. The van der Waals surface area contributed by atoms with E-state index in [-0.39, 0.29) is 35.9 Å². The van der Waals surface area contributed by atoms with Crippen molar-refractivity contribution in [1.82, 2.24) is 0 Å². The van der Waals surface area contributed by atoms with Crippen LogP contribution in [-0.2, 0) is 9.53 Å². The number of esters is 1. The van der Waals surface area contributed by atoms with E-state index in [0.717, 1.165) is 36.8 Å². The van der Waals surface area contributed by atoms with E-state index in [1.165, 1.54) is 18.4 Å². The molecule has 1 aromatic rings. The fourth-order valence-electron chi connectivity index (χ4n) is 8.86. The highest BCUT2D eigenvalue weighted by Crippen LogP contribution is 2.60. The number of hydrogen-bond acceptors (Lipinski definition) is 5. The van der Waals surface area contributed by atoms with E-state index in [4.69, 9.17) is 4.74 Å². The Labute approximate surface area is 245 Å². The number of cyclic esters (lactones) is 1. The van der Waals surface area contributed by atoms with Crippen LogP contribution in [0.1, 0.15) is 83.1 Å². The zero-order chi connectivity index (χ0) is 29.3. The molecule has 3 N–H and O–H groups in total. The van der Waals surface area contributed by atoms with Gasteiger partial charge in [-0.25, -0.2) is 4.79 Å². The minimum atomic E-state index is -0.774. The maximum atomic E-state index is 12.6. The molecule has 0 aromatic heterocycles. The minimum Gasteiger partial charge on any atom is -0.458 e. The van der Waals surface area contributed by atoms with Crippen LogP contribution in [0.3, 0.4) is 0 Å². The molecule has 0 amide bonds. The number of allylic oxidation sites excluding steroid dienone is 3. The Balaban J connectivity index is 1.30. The van der Waals surface area contributed by atoms with Crippen molar-refractivity contribution in [3.8, 4) is 0 Å². The molecular weight excluding hydrogens is 512 g/mol. The molecule has 5 rings (SSSR count). The summed E-state index contributed by atoms with van der Waals surface area (Å²) in [5, 5.41) is 30.8. The summed E-state index contributed by atoms with van der Waals surface area (Å²) in [4.78, 5) is 12.6. The second-order valence-electron chi connectivity index (χ2n) is 13.4. The molecule has 4 aliphatic rings. The number of hydrogen-bond donors (Lipinski definition) is 3. The predicted molar refractivity (Wildman–Crippen MR) is 162 cm³/mol. The summed E-state index contributed by atoms with van der Waals surface area (Å²) in [6, 6.07) is 10.2. The van der Waals surface area contributed by atoms with Crippen LogP contribution < -0.4 is 0 Å². The van der Waals surface area contributed by atoms with E-state index < -0.39 is 12.2 Å². The van der Waals surface area contributed by atoms with Crippen LogP contribution in [0.15, 0.2) is 77.9 Å². The van der Waals surface area contributed by atoms with Crippen molar-refractivity contribution in [2.75, 3.05) is 6.61 Å². The van der Waals surface area contributed by atoms with Crippen LogP contribution in [0, 0.1) is 29.1 Å². The summed E-state index contributed by atoms with van der Waals surface area (Å²) in [5.41, 5.74) is 4.98. The smallest absolute Gasteiger partial charge is 0.334 e. The van der Waals surface area contributed by atoms with Crippen LogP contribution in [0.5, 0.6) is 0 Å². The summed E-state index contributed by atoms with van der Waals surface area (Å²) in [6.07, 6.45) is 11.1.